The van der Waals surface area contributed by atoms with Gasteiger partial charge in [-0.25, -0.2) is 0 Å². The fourth-order valence-electron chi connectivity index (χ4n) is 3.08. The molecular formula is C18H29ClN2. The third-order valence-electron chi connectivity index (χ3n) is 4.26. The molecule has 0 spiro atoms. The summed E-state index contributed by atoms with van der Waals surface area (Å²) in [6, 6.07) is 7.03. The molecule has 0 amide bonds. The number of benzene rings is 1. The summed E-state index contributed by atoms with van der Waals surface area (Å²) in [5.74, 6) is 0. The van der Waals surface area contributed by atoms with Crippen LogP contribution in [-0.4, -0.2) is 18.1 Å². The van der Waals surface area contributed by atoms with Gasteiger partial charge in [0.25, 0.3) is 0 Å². The second-order valence-electron chi connectivity index (χ2n) is 7.13. The Bertz CT molecular complexity index is 465. The summed E-state index contributed by atoms with van der Waals surface area (Å²) in [6.45, 7) is 10.9. The number of piperidine rings is 1. The Morgan fingerprint density at radius 3 is 2.71 bits per heavy atom. The number of halogens is 1. The van der Waals surface area contributed by atoms with E-state index in [1.165, 1.54) is 43.5 Å². The van der Waals surface area contributed by atoms with Crippen LogP contribution < -0.4 is 10.2 Å². The van der Waals surface area contributed by atoms with E-state index in [2.05, 4.69) is 50.0 Å². The molecule has 2 nitrogen and oxygen atoms in total. The molecule has 3 heteroatoms. The van der Waals surface area contributed by atoms with Gasteiger partial charge in [-0.2, -0.15) is 0 Å². The molecule has 0 bridgehead atoms. The van der Waals surface area contributed by atoms with Gasteiger partial charge in [0.05, 0.1) is 0 Å². The van der Waals surface area contributed by atoms with E-state index < -0.39 is 0 Å². The highest BCUT2D eigenvalue weighted by Crippen LogP contribution is 2.31. The molecule has 1 saturated heterocycles. The van der Waals surface area contributed by atoms with E-state index in [-0.39, 0.29) is 5.54 Å². The van der Waals surface area contributed by atoms with Crippen LogP contribution in [0.5, 0.6) is 0 Å². The Morgan fingerprint density at radius 2 is 2.05 bits per heavy atom. The third-order valence-corrected chi connectivity index (χ3v) is 4.49. The topological polar surface area (TPSA) is 15.3 Å². The van der Waals surface area contributed by atoms with E-state index in [9.17, 15) is 0 Å². The molecule has 1 aromatic rings. The van der Waals surface area contributed by atoms with Crippen LogP contribution in [0.15, 0.2) is 18.2 Å². The Balaban J connectivity index is 2.25. The van der Waals surface area contributed by atoms with Gasteiger partial charge >= 0.3 is 0 Å². The van der Waals surface area contributed by atoms with Crippen molar-refractivity contribution in [1.82, 2.24) is 5.32 Å². The van der Waals surface area contributed by atoms with Gasteiger partial charge in [0.15, 0.2) is 0 Å². The third kappa shape index (κ3) is 4.62. The number of rotatable bonds is 4. The van der Waals surface area contributed by atoms with Gasteiger partial charge in [-0.3, -0.25) is 0 Å². The number of anilines is 1. The fraction of sp³-hybridized carbons (Fsp3) is 0.667. The Kier molecular flexibility index (Phi) is 5.56. The highest BCUT2D eigenvalue weighted by atomic mass is 35.5. The molecule has 1 aromatic carbocycles. The van der Waals surface area contributed by atoms with Gasteiger partial charge in [0.1, 0.15) is 0 Å². The van der Waals surface area contributed by atoms with Crippen LogP contribution in [-0.2, 0) is 6.54 Å². The summed E-state index contributed by atoms with van der Waals surface area (Å²) < 4.78 is 0. The highest BCUT2D eigenvalue weighted by Gasteiger charge is 2.23. The van der Waals surface area contributed by atoms with Crippen molar-refractivity contribution >= 4 is 17.3 Å². The number of hydrogen-bond donors (Lipinski definition) is 1. The Hall–Kier alpha value is -0.730. The van der Waals surface area contributed by atoms with Crippen LogP contribution in [0.3, 0.4) is 0 Å². The normalized spacial score (nSPS) is 19.9. The molecule has 1 fully saturated rings. The van der Waals surface area contributed by atoms with Gasteiger partial charge in [-0.1, -0.05) is 18.5 Å². The van der Waals surface area contributed by atoms with E-state index in [1.807, 2.05) is 6.07 Å². The maximum absolute atomic E-state index is 6.23. The van der Waals surface area contributed by atoms with Crippen LogP contribution in [0, 0.1) is 0 Å². The highest BCUT2D eigenvalue weighted by molar-refractivity contribution is 6.30. The lowest BCUT2D eigenvalue weighted by molar-refractivity contribution is 0.420. The Morgan fingerprint density at radius 1 is 1.29 bits per heavy atom. The zero-order valence-electron chi connectivity index (χ0n) is 13.9. The molecule has 1 unspecified atom stereocenters. The van der Waals surface area contributed by atoms with Crippen molar-refractivity contribution in [2.45, 2.75) is 71.5 Å². The SMILES string of the molecule is CCC1CCCCN1c1ccc(Cl)cc1CNC(C)(C)C. The van der Waals surface area contributed by atoms with Gasteiger partial charge < -0.3 is 10.2 Å². The van der Waals surface area contributed by atoms with Crippen molar-refractivity contribution in [3.05, 3.63) is 28.8 Å². The van der Waals surface area contributed by atoms with Crippen molar-refractivity contribution < 1.29 is 0 Å². The molecule has 1 atom stereocenters. The summed E-state index contributed by atoms with van der Waals surface area (Å²) in [7, 11) is 0. The molecule has 1 aliphatic rings. The first kappa shape index (κ1) is 16.6. The summed E-state index contributed by atoms with van der Waals surface area (Å²) in [6.07, 6.45) is 5.18. The molecule has 0 radical (unpaired) electrons. The minimum atomic E-state index is 0.117. The lowest BCUT2D eigenvalue weighted by Crippen LogP contribution is -2.40. The lowest BCUT2D eigenvalue weighted by Gasteiger charge is -2.38. The zero-order chi connectivity index (χ0) is 15.5. The van der Waals surface area contributed by atoms with E-state index >= 15 is 0 Å². The first-order valence-corrected chi connectivity index (χ1v) is 8.58. The van der Waals surface area contributed by atoms with Crippen molar-refractivity contribution in [2.75, 3.05) is 11.4 Å². The fourth-order valence-corrected chi connectivity index (χ4v) is 3.27. The molecule has 2 rings (SSSR count). The van der Waals surface area contributed by atoms with Gasteiger partial charge in [0, 0.05) is 35.4 Å². The van der Waals surface area contributed by atoms with Crippen molar-refractivity contribution in [3.63, 3.8) is 0 Å². The average molecular weight is 309 g/mol. The maximum Gasteiger partial charge on any atom is 0.0415 e. The molecule has 0 aromatic heterocycles. The first-order valence-electron chi connectivity index (χ1n) is 8.21. The van der Waals surface area contributed by atoms with E-state index in [0.717, 1.165) is 11.6 Å². The van der Waals surface area contributed by atoms with Crippen LogP contribution in [0.1, 0.15) is 58.9 Å². The van der Waals surface area contributed by atoms with Crippen LogP contribution in [0.2, 0.25) is 5.02 Å². The molecule has 21 heavy (non-hydrogen) atoms. The molecule has 118 valence electrons. The zero-order valence-corrected chi connectivity index (χ0v) is 14.6. The number of hydrogen-bond acceptors (Lipinski definition) is 2. The maximum atomic E-state index is 6.23. The second kappa shape index (κ2) is 7.02. The van der Waals surface area contributed by atoms with Crippen molar-refractivity contribution in [2.24, 2.45) is 0 Å². The predicted molar refractivity (Wildman–Crippen MR) is 93.3 cm³/mol. The summed E-state index contributed by atoms with van der Waals surface area (Å²) in [4.78, 5) is 2.60. The van der Waals surface area contributed by atoms with Crippen LogP contribution in [0.4, 0.5) is 5.69 Å². The van der Waals surface area contributed by atoms with Crippen LogP contribution >= 0.6 is 11.6 Å². The number of nitrogens with zero attached hydrogens (tertiary/aromatic N) is 1. The quantitative estimate of drug-likeness (QED) is 0.842. The van der Waals surface area contributed by atoms with Crippen molar-refractivity contribution in [3.8, 4) is 0 Å². The van der Waals surface area contributed by atoms with Gasteiger partial charge in [-0.05, 0) is 70.2 Å². The number of nitrogens with one attached hydrogen (secondary N) is 1. The lowest BCUT2D eigenvalue weighted by atomic mass is 9.97. The predicted octanol–water partition coefficient (Wildman–Crippen LogP) is 5.00. The molecule has 0 saturated carbocycles. The van der Waals surface area contributed by atoms with Gasteiger partial charge in [-0.15, -0.1) is 0 Å². The van der Waals surface area contributed by atoms with E-state index in [0.29, 0.717) is 6.04 Å². The Labute approximate surface area is 134 Å². The standard InChI is InChI=1S/C18H29ClN2/c1-5-16-8-6-7-11-21(16)17-10-9-15(19)12-14(17)13-20-18(2,3)4/h9-10,12,16,20H,5-8,11,13H2,1-4H3. The monoisotopic (exact) mass is 308 g/mol. The summed E-state index contributed by atoms with van der Waals surface area (Å²) in [5, 5.41) is 4.42. The largest absolute Gasteiger partial charge is 0.368 e. The van der Waals surface area contributed by atoms with E-state index in [1.54, 1.807) is 0 Å². The van der Waals surface area contributed by atoms with Gasteiger partial charge in [0.2, 0.25) is 0 Å². The van der Waals surface area contributed by atoms with E-state index in [4.69, 9.17) is 11.6 Å². The average Bonchev–Trinajstić information content (AvgIpc) is 2.44. The minimum Gasteiger partial charge on any atom is -0.368 e. The first-order chi connectivity index (χ1) is 9.90. The molecule has 1 aliphatic heterocycles. The summed E-state index contributed by atoms with van der Waals surface area (Å²) in [5.41, 5.74) is 2.80. The minimum absolute atomic E-state index is 0.117. The summed E-state index contributed by atoms with van der Waals surface area (Å²) >= 11 is 6.23. The molecule has 0 aliphatic carbocycles. The molecule has 1 N–H and O–H groups in total. The smallest absolute Gasteiger partial charge is 0.0415 e. The molecule has 1 heterocycles. The second-order valence-corrected chi connectivity index (χ2v) is 7.56. The molecular weight excluding hydrogens is 280 g/mol. The van der Waals surface area contributed by atoms with Crippen molar-refractivity contribution in [1.29, 1.82) is 0 Å². The van der Waals surface area contributed by atoms with Crippen LogP contribution in [0.25, 0.3) is 0 Å².